The van der Waals surface area contributed by atoms with E-state index in [0.717, 1.165) is 12.8 Å². The number of rotatable bonds is 5. The summed E-state index contributed by atoms with van der Waals surface area (Å²) in [6.45, 7) is 3.80. The van der Waals surface area contributed by atoms with E-state index in [2.05, 4.69) is 9.97 Å². The van der Waals surface area contributed by atoms with Crippen molar-refractivity contribution < 1.29 is 9.47 Å². The van der Waals surface area contributed by atoms with Gasteiger partial charge in [-0.15, -0.1) is 0 Å². The predicted molar refractivity (Wildman–Crippen MR) is 82.1 cm³/mol. The Morgan fingerprint density at radius 1 is 1.19 bits per heavy atom. The summed E-state index contributed by atoms with van der Waals surface area (Å²) in [7, 11) is 3.18. The Balaban J connectivity index is 2.74. The van der Waals surface area contributed by atoms with E-state index in [0.29, 0.717) is 34.1 Å². The molecule has 1 heterocycles. The molecule has 0 fully saturated rings. The highest BCUT2D eigenvalue weighted by Gasteiger charge is 2.18. The van der Waals surface area contributed by atoms with Crippen molar-refractivity contribution in [3.05, 3.63) is 39.9 Å². The number of nitrogens with one attached hydrogen (secondary N) is 1. The topological polar surface area (TPSA) is 64.2 Å². The van der Waals surface area contributed by atoms with Gasteiger partial charge in [0, 0.05) is 12.0 Å². The molecule has 1 N–H and O–H groups in total. The number of hydrogen-bond donors (Lipinski definition) is 1. The van der Waals surface area contributed by atoms with Gasteiger partial charge in [0.05, 0.1) is 25.5 Å². The van der Waals surface area contributed by atoms with Crippen molar-refractivity contribution in [1.29, 1.82) is 0 Å². The molecule has 2 aromatic rings. The van der Waals surface area contributed by atoms with Crippen LogP contribution in [-0.2, 0) is 6.42 Å². The van der Waals surface area contributed by atoms with Gasteiger partial charge in [-0.1, -0.05) is 13.0 Å². The SMILES string of the molecule is CCCc1nc(-c2c(OC)cccc2OC)c(C)c(=O)[nH]1. The second-order valence-electron chi connectivity index (χ2n) is 4.77. The van der Waals surface area contributed by atoms with Crippen molar-refractivity contribution in [1.82, 2.24) is 9.97 Å². The van der Waals surface area contributed by atoms with Crippen molar-refractivity contribution in [2.45, 2.75) is 26.7 Å². The molecule has 0 unspecified atom stereocenters. The van der Waals surface area contributed by atoms with Crippen LogP contribution in [0.15, 0.2) is 23.0 Å². The van der Waals surface area contributed by atoms with Crippen molar-refractivity contribution in [2.24, 2.45) is 0 Å². The number of nitrogens with zero attached hydrogens (tertiary/aromatic N) is 1. The maximum Gasteiger partial charge on any atom is 0.254 e. The van der Waals surface area contributed by atoms with Crippen molar-refractivity contribution in [2.75, 3.05) is 14.2 Å². The number of methoxy groups -OCH3 is 2. The van der Waals surface area contributed by atoms with Crippen molar-refractivity contribution >= 4 is 0 Å². The summed E-state index contributed by atoms with van der Waals surface area (Å²) in [6, 6.07) is 5.51. The van der Waals surface area contributed by atoms with E-state index in [1.54, 1.807) is 21.1 Å². The van der Waals surface area contributed by atoms with E-state index in [9.17, 15) is 4.79 Å². The first kappa shape index (κ1) is 15.1. The summed E-state index contributed by atoms with van der Waals surface area (Å²) < 4.78 is 10.8. The minimum absolute atomic E-state index is 0.128. The molecule has 0 amide bonds. The van der Waals surface area contributed by atoms with Crippen LogP contribution in [0.3, 0.4) is 0 Å². The van der Waals surface area contributed by atoms with Gasteiger partial charge in [-0.2, -0.15) is 0 Å². The molecular weight excluding hydrogens is 268 g/mol. The molecule has 0 atom stereocenters. The molecule has 5 heteroatoms. The largest absolute Gasteiger partial charge is 0.496 e. The summed E-state index contributed by atoms with van der Waals surface area (Å²) in [5.74, 6) is 1.95. The molecule has 1 aromatic carbocycles. The fourth-order valence-electron chi connectivity index (χ4n) is 2.26. The van der Waals surface area contributed by atoms with Gasteiger partial charge in [0.1, 0.15) is 17.3 Å². The Kier molecular flexibility index (Phi) is 4.62. The fraction of sp³-hybridized carbons (Fsp3) is 0.375. The Labute approximate surface area is 124 Å². The summed E-state index contributed by atoms with van der Waals surface area (Å²) in [5.41, 5.74) is 1.74. The van der Waals surface area contributed by atoms with Crippen molar-refractivity contribution in [3.8, 4) is 22.8 Å². The molecule has 0 saturated carbocycles. The van der Waals surface area contributed by atoms with Crippen LogP contribution in [0.25, 0.3) is 11.3 Å². The van der Waals surface area contributed by atoms with Crippen LogP contribution in [0.2, 0.25) is 0 Å². The van der Waals surface area contributed by atoms with E-state index >= 15 is 0 Å². The zero-order valence-corrected chi connectivity index (χ0v) is 12.8. The lowest BCUT2D eigenvalue weighted by Gasteiger charge is -2.14. The van der Waals surface area contributed by atoms with E-state index in [4.69, 9.17) is 9.47 Å². The number of aromatic amines is 1. The smallest absolute Gasteiger partial charge is 0.254 e. The quantitative estimate of drug-likeness (QED) is 0.918. The van der Waals surface area contributed by atoms with Gasteiger partial charge in [-0.3, -0.25) is 4.79 Å². The Bertz CT molecular complexity index is 670. The average Bonchev–Trinajstić information content (AvgIpc) is 2.50. The highest BCUT2D eigenvalue weighted by atomic mass is 16.5. The fourth-order valence-corrected chi connectivity index (χ4v) is 2.26. The molecule has 1 aromatic heterocycles. The lowest BCUT2D eigenvalue weighted by molar-refractivity contribution is 0.397. The Morgan fingerprint density at radius 2 is 1.81 bits per heavy atom. The van der Waals surface area contributed by atoms with Crippen LogP contribution in [-0.4, -0.2) is 24.2 Å². The first-order valence-electron chi connectivity index (χ1n) is 6.93. The van der Waals surface area contributed by atoms with E-state index in [1.807, 2.05) is 25.1 Å². The Morgan fingerprint density at radius 3 is 2.33 bits per heavy atom. The maximum absolute atomic E-state index is 12.1. The summed E-state index contributed by atoms with van der Waals surface area (Å²) >= 11 is 0. The number of hydrogen-bond acceptors (Lipinski definition) is 4. The molecule has 21 heavy (non-hydrogen) atoms. The minimum Gasteiger partial charge on any atom is -0.496 e. The van der Waals surface area contributed by atoms with Crippen LogP contribution in [0, 0.1) is 6.92 Å². The molecule has 0 bridgehead atoms. The van der Waals surface area contributed by atoms with Gasteiger partial charge in [0.2, 0.25) is 0 Å². The Hall–Kier alpha value is -2.30. The average molecular weight is 288 g/mol. The first-order chi connectivity index (χ1) is 10.1. The molecule has 5 nitrogen and oxygen atoms in total. The van der Waals surface area contributed by atoms with Crippen LogP contribution >= 0.6 is 0 Å². The standard InChI is InChI=1S/C16H20N2O3/c1-5-7-13-17-15(10(2)16(19)18-13)14-11(20-3)8-6-9-12(14)21-4/h6,8-9H,5,7H2,1-4H3,(H,17,18,19). The predicted octanol–water partition coefficient (Wildman–Crippen LogP) is 2.72. The number of ether oxygens (including phenoxy) is 2. The van der Waals surface area contributed by atoms with Gasteiger partial charge >= 0.3 is 0 Å². The number of aryl methyl sites for hydroxylation is 1. The third kappa shape index (κ3) is 2.91. The first-order valence-corrected chi connectivity index (χ1v) is 6.93. The lowest BCUT2D eigenvalue weighted by atomic mass is 10.0. The molecule has 112 valence electrons. The summed E-state index contributed by atoms with van der Waals surface area (Å²) in [4.78, 5) is 19.5. The molecule has 0 saturated heterocycles. The number of aromatic nitrogens is 2. The van der Waals surface area contributed by atoms with Gasteiger partial charge in [0.15, 0.2) is 0 Å². The summed E-state index contributed by atoms with van der Waals surface area (Å²) in [5, 5.41) is 0. The molecule has 0 spiro atoms. The monoisotopic (exact) mass is 288 g/mol. The highest BCUT2D eigenvalue weighted by Crippen LogP contribution is 2.37. The normalized spacial score (nSPS) is 10.5. The number of H-pyrrole nitrogens is 1. The molecule has 0 aliphatic heterocycles. The van der Waals surface area contributed by atoms with Crippen LogP contribution < -0.4 is 15.0 Å². The third-order valence-corrected chi connectivity index (χ3v) is 3.35. The third-order valence-electron chi connectivity index (χ3n) is 3.35. The van der Waals surface area contributed by atoms with Crippen molar-refractivity contribution in [3.63, 3.8) is 0 Å². The molecule has 0 aliphatic carbocycles. The summed E-state index contributed by atoms with van der Waals surface area (Å²) in [6.07, 6.45) is 1.63. The number of benzene rings is 1. The maximum atomic E-state index is 12.1. The van der Waals surface area contributed by atoms with Crippen LogP contribution in [0.1, 0.15) is 24.7 Å². The van der Waals surface area contributed by atoms with Gasteiger partial charge in [-0.05, 0) is 25.5 Å². The molecular formula is C16H20N2O3. The molecule has 0 aliphatic rings. The lowest BCUT2D eigenvalue weighted by Crippen LogP contribution is -2.16. The van der Waals surface area contributed by atoms with Crippen LogP contribution in [0.4, 0.5) is 0 Å². The van der Waals surface area contributed by atoms with E-state index in [1.165, 1.54) is 0 Å². The highest BCUT2D eigenvalue weighted by molar-refractivity contribution is 5.76. The second kappa shape index (κ2) is 6.43. The van der Waals surface area contributed by atoms with Gasteiger partial charge in [0.25, 0.3) is 5.56 Å². The van der Waals surface area contributed by atoms with E-state index in [-0.39, 0.29) is 5.56 Å². The second-order valence-corrected chi connectivity index (χ2v) is 4.77. The van der Waals surface area contributed by atoms with Gasteiger partial charge < -0.3 is 14.5 Å². The van der Waals surface area contributed by atoms with Gasteiger partial charge in [-0.25, -0.2) is 4.98 Å². The zero-order valence-electron chi connectivity index (χ0n) is 12.8. The molecule has 2 rings (SSSR count). The molecule has 0 radical (unpaired) electrons. The zero-order chi connectivity index (χ0) is 15.4. The van der Waals surface area contributed by atoms with E-state index < -0.39 is 0 Å². The minimum atomic E-state index is -0.128. The van der Waals surface area contributed by atoms with Crippen LogP contribution in [0.5, 0.6) is 11.5 Å².